The van der Waals surface area contributed by atoms with Gasteiger partial charge in [0.2, 0.25) is 0 Å². The summed E-state index contributed by atoms with van der Waals surface area (Å²) in [4.78, 5) is 17.4. The van der Waals surface area contributed by atoms with E-state index in [1.54, 1.807) is 17.8 Å². The second-order valence-corrected chi connectivity index (χ2v) is 8.85. The molecule has 6 heteroatoms. The first kappa shape index (κ1) is 16.9. The monoisotopic (exact) mass is 417 g/mol. The van der Waals surface area contributed by atoms with Crippen molar-refractivity contribution in [3.8, 4) is 0 Å². The van der Waals surface area contributed by atoms with Gasteiger partial charge in [0.05, 0.1) is 0 Å². The van der Waals surface area contributed by atoms with Gasteiger partial charge in [-0.05, 0) is 50.7 Å². The van der Waals surface area contributed by atoms with Gasteiger partial charge in [-0.3, -0.25) is 9.89 Å². The summed E-state index contributed by atoms with van der Waals surface area (Å²) in [6.07, 6.45) is 4.63. The van der Waals surface area contributed by atoms with Crippen molar-refractivity contribution in [2.24, 2.45) is 5.92 Å². The number of halogens is 1. The second kappa shape index (κ2) is 7.00. The molecule has 1 aromatic carbocycles. The summed E-state index contributed by atoms with van der Waals surface area (Å²) in [6, 6.07) is 8.13. The van der Waals surface area contributed by atoms with Gasteiger partial charge in [0.1, 0.15) is 4.60 Å². The Bertz CT molecular complexity index is 828. The van der Waals surface area contributed by atoms with Gasteiger partial charge >= 0.3 is 0 Å². The van der Waals surface area contributed by atoms with Crippen LogP contribution in [0.3, 0.4) is 0 Å². The third-order valence-corrected chi connectivity index (χ3v) is 6.50. The molecule has 1 amide bonds. The summed E-state index contributed by atoms with van der Waals surface area (Å²) < 4.78 is 0.729. The molecule has 1 N–H and O–H groups in total. The Morgan fingerprint density at radius 2 is 2.28 bits per heavy atom. The first-order valence-electron chi connectivity index (χ1n) is 8.56. The number of aromatic amines is 1. The van der Waals surface area contributed by atoms with E-state index < -0.39 is 0 Å². The molecule has 0 radical (unpaired) electrons. The Labute approximate surface area is 160 Å². The molecule has 130 valence electrons. The Balaban J connectivity index is 1.59. The maximum atomic E-state index is 13.0. The summed E-state index contributed by atoms with van der Waals surface area (Å²) in [7, 11) is 0. The van der Waals surface area contributed by atoms with Crippen LogP contribution >= 0.6 is 27.7 Å². The number of nitrogens with zero attached hydrogens (tertiary/aromatic N) is 2. The molecule has 1 saturated carbocycles. The number of H-pyrrole nitrogens is 1. The van der Waals surface area contributed by atoms with Crippen LogP contribution < -0.4 is 0 Å². The molecule has 1 aromatic heterocycles. The van der Waals surface area contributed by atoms with E-state index in [2.05, 4.69) is 50.9 Å². The number of carbonyl (C=O) groups excluding carboxylic acids is 1. The molecule has 1 aliphatic heterocycles. The van der Waals surface area contributed by atoms with Crippen molar-refractivity contribution in [3.05, 3.63) is 57.2 Å². The number of hydrogen-bond donors (Lipinski definition) is 1. The van der Waals surface area contributed by atoms with Crippen LogP contribution in [-0.4, -0.2) is 27.5 Å². The van der Waals surface area contributed by atoms with E-state index in [1.807, 2.05) is 4.90 Å². The molecule has 2 heterocycles. The third kappa shape index (κ3) is 3.55. The zero-order chi connectivity index (χ0) is 17.4. The average Bonchev–Trinajstić information content (AvgIpc) is 3.14. The number of rotatable bonds is 5. The smallest absolute Gasteiger partial charge is 0.274 e. The minimum absolute atomic E-state index is 0.00623. The van der Waals surface area contributed by atoms with Crippen LogP contribution in [0.15, 0.2) is 45.2 Å². The number of thioether (sulfide) groups is 1. The molecule has 2 aliphatic rings. The summed E-state index contributed by atoms with van der Waals surface area (Å²) in [5.74, 6) is 0.610. The number of allylic oxidation sites excluding steroid dienone is 1. The van der Waals surface area contributed by atoms with Gasteiger partial charge in [0, 0.05) is 30.5 Å². The first-order chi connectivity index (χ1) is 12.1. The highest BCUT2D eigenvalue weighted by atomic mass is 79.9. The van der Waals surface area contributed by atoms with Gasteiger partial charge in [-0.25, -0.2) is 0 Å². The lowest BCUT2D eigenvalue weighted by molar-refractivity contribution is 0.0672. The number of fused-ring (bicyclic) bond motifs is 1. The lowest BCUT2D eigenvalue weighted by atomic mass is 9.85. The van der Waals surface area contributed by atoms with Gasteiger partial charge in [-0.15, -0.1) is 0 Å². The standard InChI is InChI=1S/C19H20BrN3OS/c1-12-8-14-6-3-7-15(18(14)25-12)11-23(10-13-4-2-5-13)19(24)16-9-17(20)22-21-16/h3,6-7,9,13H,1-2,4-5,8,10-11H2,(H,21,22). The van der Waals surface area contributed by atoms with E-state index in [4.69, 9.17) is 0 Å². The van der Waals surface area contributed by atoms with Crippen LogP contribution in [0.25, 0.3) is 0 Å². The number of hydrogen-bond acceptors (Lipinski definition) is 3. The zero-order valence-corrected chi connectivity index (χ0v) is 16.3. The Kier molecular flexibility index (Phi) is 4.73. The molecule has 0 saturated heterocycles. The maximum absolute atomic E-state index is 13.0. The van der Waals surface area contributed by atoms with E-state index in [0.29, 0.717) is 18.2 Å². The van der Waals surface area contributed by atoms with Crippen LogP contribution in [0.1, 0.15) is 40.9 Å². The predicted molar refractivity (Wildman–Crippen MR) is 104 cm³/mol. The molecule has 0 atom stereocenters. The topological polar surface area (TPSA) is 49.0 Å². The molecule has 1 aliphatic carbocycles. The Hall–Kier alpha value is -1.53. The molecule has 4 nitrogen and oxygen atoms in total. The fraction of sp³-hybridized carbons (Fsp3) is 0.368. The maximum Gasteiger partial charge on any atom is 0.274 e. The molecule has 4 rings (SSSR count). The largest absolute Gasteiger partial charge is 0.333 e. The predicted octanol–water partition coefficient (Wildman–Crippen LogP) is 4.78. The van der Waals surface area contributed by atoms with E-state index in [-0.39, 0.29) is 5.91 Å². The Morgan fingerprint density at radius 3 is 2.96 bits per heavy atom. The summed E-state index contributed by atoms with van der Waals surface area (Å²) in [5.41, 5.74) is 3.00. The van der Waals surface area contributed by atoms with Crippen LogP contribution in [0.2, 0.25) is 0 Å². The van der Waals surface area contributed by atoms with E-state index in [0.717, 1.165) is 17.6 Å². The Morgan fingerprint density at radius 1 is 1.44 bits per heavy atom. The molecular formula is C19H20BrN3OS. The van der Waals surface area contributed by atoms with Gasteiger partial charge < -0.3 is 4.90 Å². The van der Waals surface area contributed by atoms with Crippen LogP contribution in [0.4, 0.5) is 0 Å². The van der Waals surface area contributed by atoms with E-state index in [9.17, 15) is 4.79 Å². The molecule has 25 heavy (non-hydrogen) atoms. The van der Waals surface area contributed by atoms with Crippen molar-refractivity contribution in [2.45, 2.75) is 37.1 Å². The highest BCUT2D eigenvalue weighted by Gasteiger charge is 2.27. The zero-order valence-electron chi connectivity index (χ0n) is 13.9. The van der Waals surface area contributed by atoms with Crippen LogP contribution in [0.5, 0.6) is 0 Å². The molecule has 0 unspecified atom stereocenters. The lowest BCUT2D eigenvalue weighted by Crippen LogP contribution is -2.37. The molecule has 0 spiro atoms. The van der Waals surface area contributed by atoms with Crippen molar-refractivity contribution >= 4 is 33.6 Å². The summed E-state index contributed by atoms with van der Waals surface area (Å²) in [6.45, 7) is 5.54. The number of nitrogens with one attached hydrogen (secondary N) is 1. The molecule has 2 aromatic rings. The minimum atomic E-state index is -0.00623. The lowest BCUT2D eigenvalue weighted by Gasteiger charge is -2.32. The molecule has 1 fully saturated rings. The normalized spacial score (nSPS) is 16.6. The van der Waals surface area contributed by atoms with Gasteiger partial charge in [-0.2, -0.15) is 5.10 Å². The van der Waals surface area contributed by atoms with Gasteiger partial charge in [0.25, 0.3) is 5.91 Å². The van der Waals surface area contributed by atoms with Crippen LogP contribution in [-0.2, 0) is 13.0 Å². The van der Waals surface area contributed by atoms with Crippen molar-refractivity contribution in [1.82, 2.24) is 15.1 Å². The van der Waals surface area contributed by atoms with Gasteiger partial charge in [0.15, 0.2) is 5.69 Å². The van der Waals surface area contributed by atoms with Crippen molar-refractivity contribution in [2.75, 3.05) is 6.54 Å². The average molecular weight is 418 g/mol. The van der Waals surface area contributed by atoms with Crippen molar-refractivity contribution in [1.29, 1.82) is 0 Å². The van der Waals surface area contributed by atoms with E-state index >= 15 is 0 Å². The number of carbonyl (C=O) groups is 1. The summed E-state index contributed by atoms with van der Waals surface area (Å²) in [5, 5.41) is 6.93. The summed E-state index contributed by atoms with van der Waals surface area (Å²) >= 11 is 5.09. The van der Waals surface area contributed by atoms with Crippen molar-refractivity contribution < 1.29 is 4.79 Å². The molecule has 0 bridgehead atoms. The highest BCUT2D eigenvalue weighted by molar-refractivity contribution is 9.10. The second-order valence-electron chi connectivity index (χ2n) is 6.81. The number of benzene rings is 1. The minimum Gasteiger partial charge on any atom is -0.333 e. The first-order valence-corrected chi connectivity index (χ1v) is 10.2. The highest BCUT2D eigenvalue weighted by Crippen LogP contribution is 2.41. The third-order valence-electron chi connectivity index (χ3n) is 4.93. The number of aromatic nitrogens is 2. The quantitative estimate of drug-likeness (QED) is 0.761. The van der Waals surface area contributed by atoms with Gasteiger partial charge in [-0.1, -0.05) is 43.0 Å². The SMILES string of the molecule is C=C1Cc2cccc(CN(CC3CCC3)C(=O)c3cc(Br)[nH]n3)c2S1. The molecular weight excluding hydrogens is 398 g/mol. The van der Waals surface area contributed by atoms with Crippen molar-refractivity contribution in [3.63, 3.8) is 0 Å². The number of amides is 1. The fourth-order valence-corrected chi connectivity index (χ4v) is 4.76. The fourth-order valence-electron chi connectivity index (χ4n) is 3.41. The van der Waals surface area contributed by atoms with Crippen LogP contribution in [0, 0.1) is 5.92 Å². The van der Waals surface area contributed by atoms with E-state index in [1.165, 1.54) is 40.2 Å².